The van der Waals surface area contributed by atoms with E-state index in [1.807, 2.05) is 32.0 Å². The van der Waals surface area contributed by atoms with Crippen molar-refractivity contribution in [3.8, 4) is 16.9 Å². The molecule has 2 rings (SSSR count). The molecule has 0 aliphatic rings. The lowest BCUT2D eigenvalue weighted by atomic mass is 10.1. The van der Waals surface area contributed by atoms with E-state index in [1.165, 1.54) is 0 Å². The number of aromatic nitrogens is 2. The van der Waals surface area contributed by atoms with Crippen molar-refractivity contribution in [2.45, 2.75) is 20.0 Å². The lowest BCUT2D eigenvalue weighted by Gasteiger charge is -2.10. The van der Waals surface area contributed by atoms with E-state index in [4.69, 9.17) is 10.5 Å². The molecule has 0 aromatic carbocycles. The van der Waals surface area contributed by atoms with Crippen molar-refractivity contribution in [1.29, 1.82) is 0 Å². The monoisotopic (exact) mass is 229 g/mol. The zero-order valence-electron chi connectivity index (χ0n) is 9.92. The molecule has 0 amide bonds. The Kier molecular flexibility index (Phi) is 3.23. The van der Waals surface area contributed by atoms with Crippen molar-refractivity contribution in [1.82, 2.24) is 9.97 Å². The normalized spacial score (nSPS) is 10.5. The fourth-order valence-electron chi connectivity index (χ4n) is 1.56. The van der Waals surface area contributed by atoms with Gasteiger partial charge in [-0.05, 0) is 32.0 Å². The third-order valence-electron chi connectivity index (χ3n) is 2.23. The summed E-state index contributed by atoms with van der Waals surface area (Å²) >= 11 is 0. The zero-order chi connectivity index (χ0) is 12.3. The fourth-order valence-corrected chi connectivity index (χ4v) is 1.56. The van der Waals surface area contributed by atoms with Gasteiger partial charge in [-0.3, -0.25) is 4.98 Å². The molecule has 2 aromatic heterocycles. The summed E-state index contributed by atoms with van der Waals surface area (Å²) in [6.45, 7) is 3.95. The topological polar surface area (TPSA) is 61.0 Å². The Balaban J connectivity index is 2.37. The number of anilines is 1. The van der Waals surface area contributed by atoms with Gasteiger partial charge in [-0.2, -0.15) is 0 Å². The standard InChI is InChI=1S/C13H15N3O/c1-9(2)17-11-6-10(7-15-8-11)12-4-3-5-16-13(12)14/h3-9H,1-2H3,(H2,14,16). The van der Waals surface area contributed by atoms with Crippen molar-refractivity contribution in [2.24, 2.45) is 0 Å². The molecule has 0 unspecified atom stereocenters. The van der Waals surface area contributed by atoms with Crippen LogP contribution in [0.25, 0.3) is 11.1 Å². The Labute approximate surface area is 100 Å². The van der Waals surface area contributed by atoms with Gasteiger partial charge in [0.25, 0.3) is 0 Å². The second kappa shape index (κ2) is 4.82. The number of hydrogen-bond acceptors (Lipinski definition) is 4. The van der Waals surface area contributed by atoms with E-state index in [0.717, 1.165) is 16.9 Å². The first-order valence-corrected chi connectivity index (χ1v) is 5.49. The number of ether oxygens (including phenoxy) is 1. The van der Waals surface area contributed by atoms with Gasteiger partial charge in [-0.15, -0.1) is 0 Å². The van der Waals surface area contributed by atoms with E-state index in [2.05, 4.69) is 9.97 Å². The van der Waals surface area contributed by atoms with Crippen LogP contribution in [0.1, 0.15) is 13.8 Å². The highest BCUT2D eigenvalue weighted by Crippen LogP contribution is 2.26. The maximum absolute atomic E-state index is 5.82. The number of nitrogen functional groups attached to an aromatic ring is 1. The molecule has 2 heterocycles. The lowest BCUT2D eigenvalue weighted by molar-refractivity contribution is 0.241. The maximum atomic E-state index is 5.82. The van der Waals surface area contributed by atoms with Crippen LogP contribution in [0.2, 0.25) is 0 Å². The molecule has 17 heavy (non-hydrogen) atoms. The summed E-state index contributed by atoms with van der Waals surface area (Å²) in [6, 6.07) is 5.68. The number of hydrogen-bond donors (Lipinski definition) is 1. The Bertz CT molecular complexity index is 512. The Hall–Kier alpha value is -2.10. The average molecular weight is 229 g/mol. The molecular weight excluding hydrogens is 214 g/mol. The summed E-state index contributed by atoms with van der Waals surface area (Å²) in [6.07, 6.45) is 5.23. The minimum Gasteiger partial charge on any atom is -0.489 e. The second-order valence-corrected chi connectivity index (χ2v) is 4.01. The molecule has 0 saturated carbocycles. The molecule has 88 valence electrons. The van der Waals surface area contributed by atoms with Crippen LogP contribution in [0.4, 0.5) is 5.82 Å². The van der Waals surface area contributed by atoms with E-state index in [9.17, 15) is 0 Å². The maximum Gasteiger partial charge on any atom is 0.138 e. The van der Waals surface area contributed by atoms with E-state index in [1.54, 1.807) is 18.6 Å². The summed E-state index contributed by atoms with van der Waals surface area (Å²) in [5, 5.41) is 0. The van der Waals surface area contributed by atoms with Gasteiger partial charge in [0.2, 0.25) is 0 Å². The molecule has 0 spiro atoms. The van der Waals surface area contributed by atoms with Gasteiger partial charge in [0.1, 0.15) is 11.6 Å². The molecule has 0 fully saturated rings. The van der Waals surface area contributed by atoms with Crippen LogP contribution >= 0.6 is 0 Å². The summed E-state index contributed by atoms with van der Waals surface area (Å²) in [5.74, 6) is 1.23. The van der Waals surface area contributed by atoms with Crippen LogP contribution < -0.4 is 10.5 Å². The van der Waals surface area contributed by atoms with Crippen LogP contribution in [0.15, 0.2) is 36.8 Å². The van der Waals surface area contributed by atoms with Crippen molar-refractivity contribution < 1.29 is 4.74 Å². The molecule has 0 bridgehead atoms. The molecule has 0 saturated heterocycles. The van der Waals surface area contributed by atoms with Gasteiger partial charge in [-0.25, -0.2) is 4.98 Å². The molecule has 2 aromatic rings. The minimum atomic E-state index is 0.123. The van der Waals surface area contributed by atoms with Crippen LogP contribution in [0, 0.1) is 0 Å². The molecule has 4 heteroatoms. The number of nitrogens with two attached hydrogens (primary N) is 1. The largest absolute Gasteiger partial charge is 0.489 e. The molecule has 0 atom stereocenters. The molecule has 2 N–H and O–H groups in total. The molecular formula is C13H15N3O. The molecule has 0 aliphatic heterocycles. The number of nitrogens with zero attached hydrogens (tertiary/aromatic N) is 2. The van der Waals surface area contributed by atoms with Crippen molar-refractivity contribution in [3.63, 3.8) is 0 Å². The Morgan fingerprint density at radius 2 is 2.12 bits per heavy atom. The zero-order valence-corrected chi connectivity index (χ0v) is 9.92. The third kappa shape index (κ3) is 2.72. The van der Waals surface area contributed by atoms with Gasteiger partial charge in [0, 0.05) is 23.5 Å². The van der Waals surface area contributed by atoms with Gasteiger partial charge in [-0.1, -0.05) is 0 Å². The van der Waals surface area contributed by atoms with E-state index in [-0.39, 0.29) is 6.10 Å². The Morgan fingerprint density at radius 1 is 1.29 bits per heavy atom. The van der Waals surface area contributed by atoms with Gasteiger partial charge in [0.05, 0.1) is 12.3 Å². The predicted octanol–water partition coefficient (Wildman–Crippen LogP) is 2.51. The van der Waals surface area contributed by atoms with Gasteiger partial charge >= 0.3 is 0 Å². The first kappa shape index (κ1) is 11.4. The molecule has 0 aliphatic carbocycles. The number of pyridine rings is 2. The predicted molar refractivity (Wildman–Crippen MR) is 67.6 cm³/mol. The van der Waals surface area contributed by atoms with Crippen LogP contribution in [-0.4, -0.2) is 16.1 Å². The highest BCUT2D eigenvalue weighted by molar-refractivity contribution is 5.73. The van der Waals surface area contributed by atoms with E-state index < -0.39 is 0 Å². The Morgan fingerprint density at radius 3 is 2.82 bits per heavy atom. The summed E-state index contributed by atoms with van der Waals surface area (Å²) in [7, 11) is 0. The van der Waals surface area contributed by atoms with Crippen LogP contribution in [0.5, 0.6) is 5.75 Å². The highest BCUT2D eigenvalue weighted by Gasteiger charge is 2.05. The smallest absolute Gasteiger partial charge is 0.138 e. The average Bonchev–Trinajstić information content (AvgIpc) is 2.29. The summed E-state index contributed by atoms with van der Waals surface area (Å²) in [5.41, 5.74) is 7.60. The lowest BCUT2D eigenvalue weighted by Crippen LogP contribution is -2.05. The minimum absolute atomic E-state index is 0.123. The van der Waals surface area contributed by atoms with Crippen LogP contribution in [-0.2, 0) is 0 Å². The third-order valence-corrected chi connectivity index (χ3v) is 2.23. The number of rotatable bonds is 3. The first-order chi connectivity index (χ1) is 8.16. The van der Waals surface area contributed by atoms with Crippen molar-refractivity contribution in [3.05, 3.63) is 36.8 Å². The van der Waals surface area contributed by atoms with Gasteiger partial charge < -0.3 is 10.5 Å². The van der Waals surface area contributed by atoms with Gasteiger partial charge in [0.15, 0.2) is 0 Å². The van der Waals surface area contributed by atoms with Crippen LogP contribution in [0.3, 0.4) is 0 Å². The SMILES string of the molecule is CC(C)Oc1cncc(-c2cccnc2N)c1. The molecule has 0 radical (unpaired) electrons. The van der Waals surface area contributed by atoms with Crippen molar-refractivity contribution in [2.75, 3.05) is 5.73 Å². The summed E-state index contributed by atoms with van der Waals surface area (Å²) in [4.78, 5) is 8.20. The second-order valence-electron chi connectivity index (χ2n) is 4.01. The first-order valence-electron chi connectivity index (χ1n) is 5.49. The summed E-state index contributed by atoms with van der Waals surface area (Å²) < 4.78 is 5.59. The molecule has 4 nitrogen and oxygen atoms in total. The van der Waals surface area contributed by atoms with E-state index in [0.29, 0.717) is 5.82 Å². The highest BCUT2D eigenvalue weighted by atomic mass is 16.5. The van der Waals surface area contributed by atoms with E-state index >= 15 is 0 Å². The fraction of sp³-hybridized carbons (Fsp3) is 0.231. The quantitative estimate of drug-likeness (QED) is 0.878. The van der Waals surface area contributed by atoms with Crippen molar-refractivity contribution >= 4 is 5.82 Å².